The molecule has 0 bridgehead atoms. The number of hydrogen-bond acceptors (Lipinski definition) is 5. The molecule has 3 aromatic rings. The average Bonchev–Trinajstić information content (AvgIpc) is 2.82. The van der Waals surface area contributed by atoms with Gasteiger partial charge >= 0.3 is 0 Å². The van der Waals surface area contributed by atoms with E-state index in [4.69, 9.17) is 10.3 Å². The molecule has 0 aromatic carbocycles. The molecule has 94 valence electrons. The highest BCUT2D eigenvalue weighted by atomic mass is 19.1. The number of halogens is 1. The van der Waals surface area contributed by atoms with Crippen LogP contribution in [0.25, 0.3) is 22.5 Å². The van der Waals surface area contributed by atoms with Crippen LogP contribution in [-0.2, 0) is 0 Å². The first kappa shape index (κ1) is 11.3. The zero-order valence-corrected chi connectivity index (χ0v) is 9.75. The third-order valence-corrected chi connectivity index (χ3v) is 2.67. The highest BCUT2D eigenvalue weighted by molar-refractivity contribution is 5.85. The minimum atomic E-state index is -0.493. The Morgan fingerprint density at radius 2 is 2.05 bits per heavy atom. The molecule has 6 heteroatoms. The van der Waals surface area contributed by atoms with Crippen molar-refractivity contribution in [2.75, 3.05) is 5.73 Å². The fourth-order valence-corrected chi connectivity index (χ4v) is 1.81. The van der Waals surface area contributed by atoms with Crippen molar-refractivity contribution in [3.63, 3.8) is 0 Å². The van der Waals surface area contributed by atoms with Crippen molar-refractivity contribution in [1.82, 2.24) is 15.1 Å². The second kappa shape index (κ2) is 4.49. The Labute approximate surface area is 107 Å². The van der Waals surface area contributed by atoms with E-state index in [1.807, 2.05) is 6.07 Å². The quantitative estimate of drug-likeness (QED) is 0.762. The predicted octanol–water partition coefficient (Wildman–Crippen LogP) is 2.52. The van der Waals surface area contributed by atoms with Crippen LogP contribution in [0.3, 0.4) is 0 Å². The summed E-state index contributed by atoms with van der Waals surface area (Å²) in [6.45, 7) is 0. The number of aromatic nitrogens is 3. The molecule has 0 aliphatic heterocycles. The van der Waals surface area contributed by atoms with Gasteiger partial charge in [-0.3, -0.25) is 9.97 Å². The summed E-state index contributed by atoms with van der Waals surface area (Å²) in [6, 6.07) is 6.85. The van der Waals surface area contributed by atoms with Gasteiger partial charge in [-0.05, 0) is 18.2 Å². The molecular weight excluding hydrogens is 247 g/mol. The van der Waals surface area contributed by atoms with Crippen molar-refractivity contribution < 1.29 is 8.91 Å². The first-order valence-electron chi connectivity index (χ1n) is 5.54. The van der Waals surface area contributed by atoms with E-state index in [9.17, 15) is 4.39 Å². The second-order valence-corrected chi connectivity index (χ2v) is 3.84. The van der Waals surface area contributed by atoms with Gasteiger partial charge in [0.05, 0.1) is 17.5 Å². The number of nitrogens with zero attached hydrogens (tertiary/aromatic N) is 3. The fourth-order valence-electron chi connectivity index (χ4n) is 1.81. The monoisotopic (exact) mass is 256 g/mol. The Morgan fingerprint density at radius 1 is 1.16 bits per heavy atom. The lowest BCUT2D eigenvalue weighted by Crippen LogP contribution is -1.92. The Morgan fingerprint density at radius 3 is 2.79 bits per heavy atom. The molecule has 0 spiro atoms. The number of nitrogen functional groups attached to an aromatic ring is 1. The van der Waals surface area contributed by atoms with Crippen molar-refractivity contribution in [2.45, 2.75) is 0 Å². The highest BCUT2D eigenvalue weighted by Gasteiger charge is 2.20. The number of pyridine rings is 2. The van der Waals surface area contributed by atoms with Crippen LogP contribution in [-0.4, -0.2) is 15.1 Å². The summed E-state index contributed by atoms with van der Waals surface area (Å²) in [6.07, 6.45) is 4.21. The van der Waals surface area contributed by atoms with Gasteiger partial charge in [-0.1, -0.05) is 11.2 Å². The molecule has 5 nitrogen and oxygen atoms in total. The average molecular weight is 256 g/mol. The van der Waals surface area contributed by atoms with Gasteiger partial charge in [0.1, 0.15) is 5.69 Å². The normalized spacial score (nSPS) is 10.6. The van der Waals surface area contributed by atoms with Crippen molar-refractivity contribution in [1.29, 1.82) is 0 Å². The van der Waals surface area contributed by atoms with Gasteiger partial charge < -0.3 is 10.3 Å². The van der Waals surface area contributed by atoms with E-state index in [0.717, 1.165) is 6.20 Å². The Bertz CT molecular complexity index is 712. The predicted molar refractivity (Wildman–Crippen MR) is 67.3 cm³/mol. The molecule has 0 aliphatic carbocycles. The molecule has 19 heavy (non-hydrogen) atoms. The zero-order valence-electron chi connectivity index (χ0n) is 9.75. The van der Waals surface area contributed by atoms with Crippen LogP contribution in [0.15, 0.2) is 47.4 Å². The second-order valence-electron chi connectivity index (χ2n) is 3.84. The summed E-state index contributed by atoms with van der Waals surface area (Å²) in [5.74, 6) is -0.391. The smallest absolute Gasteiger partial charge is 0.232 e. The van der Waals surface area contributed by atoms with Crippen LogP contribution < -0.4 is 5.73 Å². The van der Waals surface area contributed by atoms with E-state index in [-0.39, 0.29) is 11.4 Å². The lowest BCUT2D eigenvalue weighted by Gasteiger charge is -2.02. The third-order valence-electron chi connectivity index (χ3n) is 2.67. The number of hydrogen-bond donors (Lipinski definition) is 1. The van der Waals surface area contributed by atoms with E-state index >= 15 is 0 Å². The Hall–Kier alpha value is -2.76. The van der Waals surface area contributed by atoms with Crippen LogP contribution in [0.2, 0.25) is 0 Å². The van der Waals surface area contributed by atoms with Crippen LogP contribution in [0.4, 0.5) is 10.3 Å². The molecule has 0 saturated carbocycles. The van der Waals surface area contributed by atoms with Gasteiger partial charge in [-0.2, -0.15) is 0 Å². The summed E-state index contributed by atoms with van der Waals surface area (Å²) >= 11 is 0. The van der Waals surface area contributed by atoms with E-state index < -0.39 is 5.82 Å². The largest absolute Gasteiger partial charge is 0.367 e. The molecule has 0 fully saturated rings. The first-order valence-corrected chi connectivity index (χ1v) is 5.54. The third kappa shape index (κ3) is 1.93. The summed E-state index contributed by atoms with van der Waals surface area (Å²) in [4.78, 5) is 7.88. The maximum Gasteiger partial charge on any atom is 0.232 e. The van der Waals surface area contributed by atoms with Crippen molar-refractivity contribution in [2.24, 2.45) is 0 Å². The molecule has 3 rings (SSSR count). The topological polar surface area (TPSA) is 77.8 Å². The lowest BCUT2D eigenvalue weighted by atomic mass is 10.1. The molecule has 3 aromatic heterocycles. The molecule has 0 radical (unpaired) electrons. The SMILES string of the molecule is Nc1onc(-c2ccncc2F)c1-c1ccccn1. The molecule has 0 amide bonds. The van der Waals surface area contributed by atoms with Crippen LogP contribution in [0.5, 0.6) is 0 Å². The van der Waals surface area contributed by atoms with Gasteiger partial charge in [-0.15, -0.1) is 0 Å². The fraction of sp³-hybridized carbons (Fsp3) is 0. The Balaban J connectivity index is 2.23. The lowest BCUT2D eigenvalue weighted by molar-refractivity contribution is 0.439. The van der Waals surface area contributed by atoms with Crippen LogP contribution >= 0.6 is 0 Å². The number of anilines is 1. The van der Waals surface area contributed by atoms with Gasteiger partial charge in [0.25, 0.3) is 0 Å². The number of rotatable bonds is 2. The zero-order chi connectivity index (χ0) is 13.2. The van der Waals surface area contributed by atoms with Crippen molar-refractivity contribution in [3.05, 3.63) is 48.7 Å². The maximum absolute atomic E-state index is 13.8. The highest BCUT2D eigenvalue weighted by Crippen LogP contribution is 2.35. The molecule has 0 atom stereocenters. The van der Waals surface area contributed by atoms with E-state index in [1.165, 1.54) is 12.3 Å². The van der Waals surface area contributed by atoms with Gasteiger partial charge in [0.2, 0.25) is 5.88 Å². The minimum absolute atomic E-state index is 0.102. The van der Waals surface area contributed by atoms with Crippen molar-refractivity contribution >= 4 is 5.88 Å². The summed E-state index contributed by atoms with van der Waals surface area (Å²) in [5.41, 5.74) is 7.40. The van der Waals surface area contributed by atoms with Crippen molar-refractivity contribution in [3.8, 4) is 22.5 Å². The van der Waals surface area contributed by atoms with E-state index in [2.05, 4.69) is 15.1 Å². The standard InChI is InChI=1S/C13H9FN4O/c14-9-7-16-6-4-8(9)12-11(13(15)19-18-12)10-3-1-2-5-17-10/h1-7H,15H2. The van der Waals surface area contributed by atoms with Gasteiger partial charge in [-0.25, -0.2) is 4.39 Å². The summed E-state index contributed by atoms with van der Waals surface area (Å²) < 4.78 is 18.7. The Kier molecular flexibility index (Phi) is 2.68. The van der Waals surface area contributed by atoms with E-state index in [0.29, 0.717) is 17.0 Å². The van der Waals surface area contributed by atoms with Crippen LogP contribution in [0, 0.1) is 5.82 Å². The molecule has 2 N–H and O–H groups in total. The maximum atomic E-state index is 13.8. The molecular formula is C13H9FN4O. The molecule has 0 aliphatic rings. The summed E-state index contributed by atoms with van der Waals surface area (Å²) in [5, 5.41) is 3.82. The van der Waals surface area contributed by atoms with E-state index in [1.54, 1.807) is 18.3 Å². The molecule has 3 heterocycles. The molecule has 0 unspecified atom stereocenters. The first-order chi connectivity index (χ1) is 9.27. The summed E-state index contributed by atoms with van der Waals surface area (Å²) in [7, 11) is 0. The van der Waals surface area contributed by atoms with Gasteiger partial charge in [0, 0.05) is 18.0 Å². The molecule has 0 saturated heterocycles. The minimum Gasteiger partial charge on any atom is -0.367 e. The van der Waals surface area contributed by atoms with Gasteiger partial charge in [0.15, 0.2) is 5.82 Å². The number of nitrogens with two attached hydrogens (primary N) is 1. The van der Waals surface area contributed by atoms with Crippen LogP contribution in [0.1, 0.15) is 0 Å².